The van der Waals surface area contributed by atoms with Crippen LogP contribution in [0.2, 0.25) is 0 Å². The van der Waals surface area contributed by atoms with Crippen molar-refractivity contribution >= 4 is 23.3 Å². The molecule has 5 heteroatoms. The van der Waals surface area contributed by atoms with Crippen LogP contribution in [-0.4, -0.2) is 29.9 Å². The molecule has 1 aromatic carbocycles. The lowest BCUT2D eigenvalue weighted by Gasteiger charge is -2.17. The van der Waals surface area contributed by atoms with Crippen molar-refractivity contribution in [2.75, 3.05) is 14.2 Å². The van der Waals surface area contributed by atoms with Crippen molar-refractivity contribution in [3.63, 3.8) is 0 Å². The quantitative estimate of drug-likeness (QED) is 0.797. The molecule has 0 saturated heterocycles. The molecule has 0 fully saturated rings. The molecule has 110 valence electrons. The molecule has 1 heterocycles. The summed E-state index contributed by atoms with van der Waals surface area (Å²) < 4.78 is 5.29. The van der Waals surface area contributed by atoms with Gasteiger partial charge in [-0.2, -0.15) is 0 Å². The second-order valence-corrected chi connectivity index (χ2v) is 5.69. The molecule has 0 aliphatic rings. The van der Waals surface area contributed by atoms with Crippen molar-refractivity contribution in [3.8, 4) is 5.75 Å². The summed E-state index contributed by atoms with van der Waals surface area (Å²) >= 11 is 1.57. The van der Waals surface area contributed by atoms with Crippen LogP contribution in [0.15, 0.2) is 35.7 Å². The third-order valence-corrected chi connectivity index (χ3v) is 3.80. The normalized spacial score (nSPS) is 10.8. The molecule has 21 heavy (non-hydrogen) atoms. The van der Waals surface area contributed by atoms with Gasteiger partial charge in [-0.3, -0.25) is 4.79 Å². The highest BCUT2D eigenvalue weighted by Gasteiger charge is 2.09. The molecule has 0 atom stereocenters. The number of rotatable bonds is 5. The molecule has 1 amide bonds. The number of likely N-dealkylation sites (N-methyl/N-ethyl adjacent to an activating group) is 1. The zero-order chi connectivity index (χ0) is 15.2. The first-order valence-corrected chi connectivity index (χ1v) is 7.45. The van der Waals surface area contributed by atoms with E-state index in [4.69, 9.17) is 4.74 Å². The van der Waals surface area contributed by atoms with E-state index in [0.29, 0.717) is 6.54 Å². The highest BCUT2D eigenvalue weighted by molar-refractivity contribution is 7.09. The summed E-state index contributed by atoms with van der Waals surface area (Å²) in [5.41, 5.74) is 1.80. The average molecular weight is 302 g/mol. The van der Waals surface area contributed by atoms with Crippen LogP contribution in [0.5, 0.6) is 5.75 Å². The molecule has 4 nitrogen and oxygen atoms in total. The number of hydrogen-bond donors (Lipinski definition) is 0. The average Bonchev–Trinajstić information content (AvgIpc) is 2.91. The van der Waals surface area contributed by atoms with Gasteiger partial charge in [-0.1, -0.05) is 18.2 Å². The second-order valence-electron chi connectivity index (χ2n) is 4.63. The van der Waals surface area contributed by atoms with E-state index in [1.165, 1.54) is 0 Å². The highest BCUT2D eigenvalue weighted by Crippen LogP contribution is 2.19. The van der Waals surface area contributed by atoms with Gasteiger partial charge >= 0.3 is 0 Å². The third-order valence-electron chi connectivity index (χ3n) is 3.01. The fraction of sp³-hybridized carbons (Fsp3) is 0.250. The Morgan fingerprint density at radius 1 is 1.43 bits per heavy atom. The molecular weight excluding hydrogens is 284 g/mol. The van der Waals surface area contributed by atoms with Crippen LogP contribution in [0.1, 0.15) is 16.3 Å². The van der Waals surface area contributed by atoms with Crippen LogP contribution in [-0.2, 0) is 11.3 Å². The van der Waals surface area contributed by atoms with Crippen molar-refractivity contribution in [2.24, 2.45) is 0 Å². The molecule has 0 aliphatic carbocycles. The predicted molar refractivity (Wildman–Crippen MR) is 85.4 cm³/mol. The zero-order valence-corrected chi connectivity index (χ0v) is 13.2. The van der Waals surface area contributed by atoms with E-state index in [9.17, 15) is 4.79 Å². The number of amides is 1. The lowest BCUT2D eigenvalue weighted by atomic mass is 10.2. The summed E-state index contributed by atoms with van der Waals surface area (Å²) in [6.45, 7) is 2.45. The van der Waals surface area contributed by atoms with Crippen LogP contribution >= 0.6 is 11.3 Å². The van der Waals surface area contributed by atoms with Gasteiger partial charge in [0.15, 0.2) is 0 Å². The SMILES string of the molecule is COc1ccccc1CN(C)C(=O)/C=C\c1csc(C)n1. The molecule has 0 bridgehead atoms. The van der Waals surface area contributed by atoms with Gasteiger partial charge in [0.2, 0.25) is 5.91 Å². The van der Waals surface area contributed by atoms with Crippen LogP contribution in [0.3, 0.4) is 0 Å². The Morgan fingerprint density at radius 2 is 2.19 bits per heavy atom. The lowest BCUT2D eigenvalue weighted by Crippen LogP contribution is -2.24. The number of benzene rings is 1. The van der Waals surface area contributed by atoms with Crippen molar-refractivity contribution in [3.05, 3.63) is 52.0 Å². The number of hydrogen-bond acceptors (Lipinski definition) is 4. The van der Waals surface area contributed by atoms with E-state index in [1.807, 2.05) is 36.6 Å². The van der Waals surface area contributed by atoms with E-state index in [1.54, 1.807) is 42.5 Å². The maximum absolute atomic E-state index is 12.1. The number of aryl methyl sites for hydroxylation is 1. The van der Waals surface area contributed by atoms with Crippen molar-refractivity contribution in [1.29, 1.82) is 0 Å². The van der Waals surface area contributed by atoms with Gasteiger partial charge in [-0.05, 0) is 19.1 Å². The fourth-order valence-corrected chi connectivity index (χ4v) is 2.49. The number of aromatic nitrogens is 1. The minimum Gasteiger partial charge on any atom is -0.496 e. The van der Waals surface area contributed by atoms with Crippen molar-refractivity contribution < 1.29 is 9.53 Å². The molecule has 0 spiro atoms. The number of para-hydroxylation sites is 1. The van der Waals surface area contributed by atoms with Crippen LogP contribution in [0.4, 0.5) is 0 Å². The molecule has 0 aliphatic heterocycles. The first-order chi connectivity index (χ1) is 10.1. The Morgan fingerprint density at radius 3 is 2.86 bits per heavy atom. The summed E-state index contributed by atoms with van der Waals surface area (Å²) in [5, 5.41) is 2.92. The number of ether oxygens (including phenoxy) is 1. The summed E-state index contributed by atoms with van der Waals surface area (Å²) in [5.74, 6) is 0.725. The second kappa shape index (κ2) is 7.04. The Bertz CT molecular complexity index is 649. The Hall–Kier alpha value is -2.14. The van der Waals surface area contributed by atoms with E-state index in [0.717, 1.165) is 22.0 Å². The van der Waals surface area contributed by atoms with Gasteiger partial charge in [0, 0.05) is 30.6 Å². The maximum Gasteiger partial charge on any atom is 0.246 e. The molecule has 0 N–H and O–H groups in total. The molecule has 2 aromatic rings. The Balaban J connectivity index is 2.01. The molecule has 2 rings (SSSR count). The topological polar surface area (TPSA) is 42.4 Å². The Labute approximate surface area is 128 Å². The standard InChI is InChI=1S/C16H18N2O2S/c1-12-17-14(11-21-12)8-9-16(19)18(2)10-13-6-4-5-7-15(13)20-3/h4-9,11H,10H2,1-3H3/b9-8-. The predicted octanol–water partition coefficient (Wildman–Crippen LogP) is 3.13. The van der Waals surface area contributed by atoms with Crippen LogP contribution in [0, 0.1) is 6.92 Å². The first-order valence-electron chi connectivity index (χ1n) is 6.57. The monoisotopic (exact) mass is 302 g/mol. The van der Waals surface area contributed by atoms with Crippen molar-refractivity contribution in [2.45, 2.75) is 13.5 Å². The summed E-state index contributed by atoms with van der Waals surface area (Å²) in [6.07, 6.45) is 3.29. The number of methoxy groups -OCH3 is 1. The zero-order valence-electron chi connectivity index (χ0n) is 12.4. The van der Waals surface area contributed by atoms with Crippen molar-refractivity contribution in [1.82, 2.24) is 9.88 Å². The van der Waals surface area contributed by atoms with E-state index >= 15 is 0 Å². The summed E-state index contributed by atoms with van der Waals surface area (Å²) in [6, 6.07) is 7.69. The number of carbonyl (C=O) groups is 1. The smallest absolute Gasteiger partial charge is 0.246 e. The molecule has 0 saturated carbocycles. The van der Waals surface area contributed by atoms with Gasteiger partial charge in [0.05, 0.1) is 17.8 Å². The van der Waals surface area contributed by atoms with Gasteiger partial charge in [0.1, 0.15) is 5.75 Å². The van der Waals surface area contributed by atoms with Gasteiger partial charge in [0.25, 0.3) is 0 Å². The number of nitrogens with zero attached hydrogens (tertiary/aromatic N) is 2. The lowest BCUT2D eigenvalue weighted by molar-refractivity contribution is -0.125. The van der Waals surface area contributed by atoms with Gasteiger partial charge in [-0.25, -0.2) is 4.98 Å². The number of carbonyl (C=O) groups excluding carboxylic acids is 1. The summed E-state index contributed by atoms with van der Waals surface area (Å²) in [4.78, 5) is 18.0. The fourth-order valence-electron chi connectivity index (χ4n) is 1.91. The van der Waals surface area contributed by atoms with Crippen LogP contribution < -0.4 is 4.74 Å². The molecule has 1 aromatic heterocycles. The highest BCUT2D eigenvalue weighted by atomic mass is 32.1. The summed E-state index contributed by atoms with van der Waals surface area (Å²) in [7, 11) is 3.40. The van der Waals surface area contributed by atoms with E-state index in [-0.39, 0.29) is 5.91 Å². The molecule has 0 unspecified atom stereocenters. The third kappa shape index (κ3) is 4.16. The first kappa shape index (κ1) is 15.3. The van der Waals surface area contributed by atoms with E-state index in [2.05, 4.69) is 4.98 Å². The van der Waals surface area contributed by atoms with Gasteiger partial charge < -0.3 is 9.64 Å². The van der Waals surface area contributed by atoms with Gasteiger partial charge in [-0.15, -0.1) is 11.3 Å². The van der Waals surface area contributed by atoms with Crippen LogP contribution in [0.25, 0.3) is 6.08 Å². The molecule has 0 radical (unpaired) electrons. The molecular formula is C16H18N2O2S. The maximum atomic E-state index is 12.1. The Kier molecular flexibility index (Phi) is 5.11. The van der Waals surface area contributed by atoms with E-state index < -0.39 is 0 Å². The number of thiazole rings is 1. The largest absolute Gasteiger partial charge is 0.496 e. The minimum atomic E-state index is -0.0634. The minimum absolute atomic E-state index is 0.0634.